The van der Waals surface area contributed by atoms with Gasteiger partial charge in [-0.3, -0.25) is 0 Å². The van der Waals surface area contributed by atoms with E-state index < -0.39 is 5.97 Å². The Morgan fingerprint density at radius 1 is 1.62 bits per heavy atom. The molecule has 86 valence electrons. The summed E-state index contributed by atoms with van der Waals surface area (Å²) in [7, 11) is 0. The zero-order chi connectivity index (χ0) is 11.6. The molecule has 1 fully saturated rings. The van der Waals surface area contributed by atoms with Gasteiger partial charge in [-0.25, -0.2) is 9.78 Å². The topological polar surface area (TPSA) is 62.2 Å². The average molecular weight is 220 g/mol. The van der Waals surface area contributed by atoms with Crippen molar-refractivity contribution in [2.75, 3.05) is 5.32 Å². The number of rotatable bonds is 4. The van der Waals surface area contributed by atoms with Crippen LogP contribution >= 0.6 is 0 Å². The molecule has 2 rings (SSSR count). The molecule has 0 unspecified atom stereocenters. The summed E-state index contributed by atoms with van der Waals surface area (Å²) in [6.45, 7) is 2.12. The molecule has 0 spiro atoms. The number of aromatic nitrogens is 1. The number of hydrogen-bond donors (Lipinski definition) is 2. The SMILES string of the molecule is CCC1(Nc2ncccc2C(=O)O)CCC1. The zero-order valence-electron chi connectivity index (χ0n) is 9.36. The Morgan fingerprint density at radius 2 is 2.38 bits per heavy atom. The van der Waals surface area contributed by atoms with E-state index in [9.17, 15) is 4.79 Å². The van der Waals surface area contributed by atoms with Crippen LogP contribution in [0, 0.1) is 0 Å². The number of hydrogen-bond acceptors (Lipinski definition) is 3. The van der Waals surface area contributed by atoms with E-state index in [-0.39, 0.29) is 11.1 Å². The minimum absolute atomic E-state index is 0.0680. The lowest BCUT2D eigenvalue weighted by molar-refractivity contribution is 0.0697. The van der Waals surface area contributed by atoms with E-state index in [0.29, 0.717) is 5.82 Å². The molecule has 2 N–H and O–H groups in total. The van der Waals surface area contributed by atoms with E-state index in [1.165, 1.54) is 6.42 Å². The van der Waals surface area contributed by atoms with Crippen LogP contribution in [0.15, 0.2) is 18.3 Å². The van der Waals surface area contributed by atoms with Crippen molar-refractivity contribution < 1.29 is 9.90 Å². The van der Waals surface area contributed by atoms with Crippen molar-refractivity contribution in [1.29, 1.82) is 0 Å². The summed E-state index contributed by atoms with van der Waals surface area (Å²) in [5.41, 5.74) is 0.320. The van der Waals surface area contributed by atoms with Crippen LogP contribution in [0.1, 0.15) is 43.0 Å². The van der Waals surface area contributed by atoms with Crippen molar-refractivity contribution in [3.63, 3.8) is 0 Å². The first kappa shape index (κ1) is 10.9. The van der Waals surface area contributed by atoms with Gasteiger partial charge in [-0.05, 0) is 37.8 Å². The summed E-state index contributed by atoms with van der Waals surface area (Å²) < 4.78 is 0. The number of carboxylic acid groups (broad SMARTS) is 1. The van der Waals surface area contributed by atoms with Crippen LogP contribution in [-0.4, -0.2) is 21.6 Å². The molecule has 1 aromatic heterocycles. The minimum atomic E-state index is -0.929. The minimum Gasteiger partial charge on any atom is -0.478 e. The van der Waals surface area contributed by atoms with Crippen molar-refractivity contribution in [3.8, 4) is 0 Å². The highest BCUT2D eigenvalue weighted by Gasteiger charge is 2.35. The van der Waals surface area contributed by atoms with Gasteiger partial charge in [-0.1, -0.05) is 6.92 Å². The van der Waals surface area contributed by atoms with Gasteiger partial charge < -0.3 is 10.4 Å². The monoisotopic (exact) mass is 220 g/mol. The van der Waals surface area contributed by atoms with E-state index in [0.717, 1.165) is 19.3 Å². The van der Waals surface area contributed by atoms with Crippen molar-refractivity contribution in [3.05, 3.63) is 23.9 Å². The van der Waals surface area contributed by atoms with Crippen molar-refractivity contribution in [2.24, 2.45) is 0 Å². The van der Waals surface area contributed by atoms with E-state index in [1.807, 2.05) is 0 Å². The molecule has 0 radical (unpaired) electrons. The molecule has 16 heavy (non-hydrogen) atoms. The van der Waals surface area contributed by atoms with Crippen LogP contribution in [0.3, 0.4) is 0 Å². The smallest absolute Gasteiger partial charge is 0.339 e. The number of nitrogens with one attached hydrogen (secondary N) is 1. The lowest BCUT2D eigenvalue weighted by Gasteiger charge is -2.42. The third-order valence-electron chi connectivity index (χ3n) is 3.41. The van der Waals surface area contributed by atoms with Crippen LogP contribution in [0.25, 0.3) is 0 Å². The summed E-state index contributed by atoms with van der Waals surface area (Å²) in [6.07, 6.45) is 6.02. The van der Waals surface area contributed by atoms with Gasteiger partial charge in [0.15, 0.2) is 0 Å². The molecule has 0 amide bonds. The number of nitrogens with zero attached hydrogens (tertiary/aromatic N) is 1. The van der Waals surface area contributed by atoms with Gasteiger partial charge in [-0.15, -0.1) is 0 Å². The molecule has 4 heteroatoms. The van der Waals surface area contributed by atoms with Gasteiger partial charge >= 0.3 is 5.97 Å². The van der Waals surface area contributed by atoms with Crippen LogP contribution < -0.4 is 5.32 Å². The molecule has 0 bridgehead atoms. The fraction of sp³-hybridized carbons (Fsp3) is 0.500. The Morgan fingerprint density at radius 3 is 2.88 bits per heavy atom. The second-order valence-corrected chi connectivity index (χ2v) is 4.32. The number of carbonyl (C=O) groups is 1. The first-order valence-corrected chi connectivity index (χ1v) is 5.63. The summed E-state index contributed by atoms with van der Waals surface area (Å²) in [5.74, 6) is -0.433. The van der Waals surface area contributed by atoms with Crippen LogP contribution in [0.4, 0.5) is 5.82 Å². The van der Waals surface area contributed by atoms with Crippen LogP contribution in [-0.2, 0) is 0 Å². The first-order valence-electron chi connectivity index (χ1n) is 5.63. The predicted molar refractivity (Wildman–Crippen MR) is 61.7 cm³/mol. The molecule has 1 saturated carbocycles. The molecule has 0 saturated heterocycles. The second-order valence-electron chi connectivity index (χ2n) is 4.32. The highest BCUT2D eigenvalue weighted by atomic mass is 16.4. The Balaban J connectivity index is 2.23. The Labute approximate surface area is 94.7 Å². The third-order valence-corrected chi connectivity index (χ3v) is 3.41. The average Bonchev–Trinajstić information content (AvgIpc) is 2.24. The fourth-order valence-electron chi connectivity index (χ4n) is 2.10. The summed E-state index contributed by atoms with van der Waals surface area (Å²) in [4.78, 5) is 15.1. The molecular weight excluding hydrogens is 204 g/mol. The molecule has 1 aromatic rings. The van der Waals surface area contributed by atoms with Crippen LogP contribution in [0.5, 0.6) is 0 Å². The van der Waals surface area contributed by atoms with E-state index in [4.69, 9.17) is 5.11 Å². The summed E-state index contributed by atoms with van der Waals surface area (Å²) >= 11 is 0. The number of pyridine rings is 1. The van der Waals surface area contributed by atoms with Crippen LogP contribution in [0.2, 0.25) is 0 Å². The van der Waals surface area contributed by atoms with Gasteiger partial charge in [0.05, 0.1) is 0 Å². The first-order chi connectivity index (χ1) is 7.67. The summed E-state index contributed by atoms with van der Waals surface area (Å²) in [6, 6.07) is 3.23. The van der Waals surface area contributed by atoms with Crippen molar-refractivity contribution in [2.45, 2.75) is 38.1 Å². The summed E-state index contributed by atoms with van der Waals surface area (Å²) in [5, 5.41) is 12.3. The largest absolute Gasteiger partial charge is 0.478 e. The highest BCUT2D eigenvalue weighted by molar-refractivity contribution is 5.93. The van der Waals surface area contributed by atoms with Gasteiger partial charge in [0.25, 0.3) is 0 Å². The maximum absolute atomic E-state index is 11.0. The van der Waals surface area contributed by atoms with Crippen molar-refractivity contribution >= 4 is 11.8 Å². The predicted octanol–water partition coefficient (Wildman–Crippen LogP) is 2.52. The molecule has 4 nitrogen and oxygen atoms in total. The third kappa shape index (κ3) is 1.87. The standard InChI is InChI=1S/C12H16N2O2/c1-2-12(6-4-7-12)14-10-9(11(15)16)5-3-8-13-10/h3,5,8H,2,4,6-7H2,1H3,(H,13,14)(H,15,16). The Hall–Kier alpha value is -1.58. The fourth-order valence-corrected chi connectivity index (χ4v) is 2.10. The maximum Gasteiger partial charge on any atom is 0.339 e. The Bertz CT molecular complexity index is 394. The number of anilines is 1. The molecule has 0 atom stereocenters. The molecule has 1 aliphatic carbocycles. The number of carboxylic acids is 1. The molecule has 1 heterocycles. The second kappa shape index (κ2) is 4.12. The highest BCUT2D eigenvalue weighted by Crippen LogP contribution is 2.38. The number of aromatic carboxylic acids is 1. The molecule has 0 aromatic carbocycles. The van der Waals surface area contributed by atoms with Crippen molar-refractivity contribution in [1.82, 2.24) is 4.98 Å². The molecule has 1 aliphatic rings. The molecular formula is C12H16N2O2. The van der Waals surface area contributed by atoms with Gasteiger partial charge in [0.2, 0.25) is 0 Å². The van der Waals surface area contributed by atoms with E-state index in [1.54, 1.807) is 18.3 Å². The van der Waals surface area contributed by atoms with E-state index in [2.05, 4.69) is 17.2 Å². The maximum atomic E-state index is 11.0. The Kier molecular flexibility index (Phi) is 2.81. The van der Waals surface area contributed by atoms with E-state index >= 15 is 0 Å². The van der Waals surface area contributed by atoms with Gasteiger partial charge in [0.1, 0.15) is 11.4 Å². The quantitative estimate of drug-likeness (QED) is 0.818. The van der Waals surface area contributed by atoms with Gasteiger partial charge in [-0.2, -0.15) is 0 Å². The van der Waals surface area contributed by atoms with Gasteiger partial charge in [0, 0.05) is 11.7 Å². The lowest BCUT2D eigenvalue weighted by Crippen LogP contribution is -2.44. The zero-order valence-corrected chi connectivity index (χ0v) is 9.36. The normalized spacial score (nSPS) is 17.6. The molecule has 0 aliphatic heterocycles. The lowest BCUT2D eigenvalue weighted by atomic mass is 9.75.